The molecule has 2 aromatic rings. The summed E-state index contributed by atoms with van der Waals surface area (Å²) >= 11 is 1.24. The number of thiazole rings is 1. The minimum absolute atomic E-state index is 0.0588. The molecule has 0 atom stereocenters. The number of carbonyl (C=O) groups is 3. The minimum atomic E-state index is -0.326. The number of rotatable bonds is 8. The summed E-state index contributed by atoms with van der Waals surface area (Å²) < 4.78 is 5.42. The molecule has 1 aromatic heterocycles. The number of aromatic nitrogens is 1. The number of nitrogens with one attached hydrogen (secondary N) is 2. The number of benzene rings is 1. The summed E-state index contributed by atoms with van der Waals surface area (Å²) in [7, 11) is 1.56. The Kier molecular flexibility index (Phi) is 6.65. The van der Waals surface area contributed by atoms with Crippen LogP contribution in [-0.4, -0.2) is 61.0 Å². The van der Waals surface area contributed by atoms with E-state index >= 15 is 0 Å². The summed E-state index contributed by atoms with van der Waals surface area (Å²) in [5.41, 5.74) is 1.35. The van der Waals surface area contributed by atoms with Crippen molar-refractivity contribution < 1.29 is 19.1 Å². The van der Waals surface area contributed by atoms with E-state index in [-0.39, 0.29) is 30.8 Å². The van der Waals surface area contributed by atoms with Crippen molar-refractivity contribution in [2.75, 3.05) is 43.5 Å². The number of anilines is 2. The normalized spacial score (nSPS) is 13.5. The minimum Gasteiger partial charge on any atom is -0.494 e. The zero-order valence-electron chi connectivity index (χ0n) is 16.3. The molecular formula is C19H23N5O4S. The second-order valence-corrected chi connectivity index (χ2v) is 7.18. The maximum Gasteiger partial charge on any atom is 0.325 e. The van der Waals surface area contributed by atoms with Crippen LogP contribution in [0.25, 0.3) is 0 Å². The predicted molar refractivity (Wildman–Crippen MR) is 110 cm³/mol. The van der Waals surface area contributed by atoms with E-state index in [0.717, 1.165) is 11.4 Å². The summed E-state index contributed by atoms with van der Waals surface area (Å²) in [6.45, 7) is 3.40. The van der Waals surface area contributed by atoms with E-state index in [1.54, 1.807) is 17.3 Å². The third-order valence-corrected chi connectivity index (χ3v) is 5.11. The van der Waals surface area contributed by atoms with Crippen molar-refractivity contribution in [1.82, 2.24) is 15.2 Å². The Morgan fingerprint density at radius 2 is 1.97 bits per heavy atom. The van der Waals surface area contributed by atoms with Crippen molar-refractivity contribution in [3.63, 3.8) is 0 Å². The Hall–Kier alpha value is -3.14. The number of hydrogen-bond donors (Lipinski definition) is 2. The van der Waals surface area contributed by atoms with Gasteiger partial charge in [-0.1, -0.05) is 0 Å². The van der Waals surface area contributed by atoms with Gasteiger partial charge in [-0.15, -0.1) is 11.3 Å². The van der Waals surface area contributed by atoms with Gasteiger partial charge in [0.2, 0.25) is 11.8 Å². The van der Waals surface area contributed by atoms with Crippen molar-refractivity contribution in [2.45, 2.75) is 13.3 Å². The summed E-state index contributed by atoms with van der Waals surface area (Å²) in [6.07, 6.45) is 0.157. The molecule has 2 N–H and O–H groups in total. The first-order valence-corrected chi connectivity index (χ1v) is 10.1. The fourth-order valence-electron chi connectivity index (χ4n) is 2.89. The lowest BCUT2D eigenvalue weighted by Crippen LogP contribution is -2.37. The number of hydrogen-bond acceptors (Lipinski definition) is 6. The van der Waals surface area contributed by atoms with Gasteiger partial charge in [0.1, 0.15) is 12.3 Å². The van der Waals surface area contributed by atoms with E-state index in [0.29, 0.717) is 30.5 Å². The second-order valence-electron chi connectivity index (χ2n) is 6.32. The highest BCUT2D eigenvalue weighted by molar-refractivity contribution is 7.13. The molecule has 1 fully saturated rings. The first-order chi connectivity index (χ1) is 14.0. The molecule has 4 amide bonds. The van der Waals surface area contributed by atoms with E-state index in [9.17, 15) is 14.4 Å². The average Bonchev–Trinajstić information content (AvgIpc) is 3.29. The average molecular weight is 417 g/mol. The zero-order chi connectivity index (χ0) is 20.8. The molecule has 29 heavy (non-hydrogen) atoms. The van der Waals surface area contributed by atoms with Crippen LogP contribution in [0.1, 0.15) is 12.6 Å². The molecule has 9 nitrogen and oxygen atoms in total. The number of nitrogens with zero attached hydrogens (tertiary/aromatic N) is 3. The van der Waals surface area contributed by atoms with Gasteiger partial charge in [0, 0.05) is 31.2 Å². The molecule has 1 aliphatic heterocycles. The molecule has 0 saturated carbocycles. The third kappa shape index (κ3) is 5.23. The lowest BCUT2D eigenvalue weighted by Gasteiger charge is -2.18. The first-order valence-electron chi connectivity index (χ1n) is 9.24. The van der Waals surface area contributed by atoms with Crippen LogP contribution < -0.4 is 20.3 Å². The SMILES string of the molecule is CCOc1ccc(N2CCN(CC(=O)Nc3nc(CC(=O)NC)cs3)C2=O)cc1. The van der Waals surface area contributed by atoms with Gasteiger partial charge in [-0.25, -0.2) is 9.78 Å². The first kappa shape index (κ1) is 20.6. The highest BCUT2D eigenvalue weighted by Crippen LogP contribution is 2.23. The fourth-order valence-corrected chi connectivity index (χ4v) is 3.61. The highest BCUT2D eigenvalue weighted by Gasteiger charge is 2.31. The highest BCUT2D eigenvalue weighted by atomic mass is 32.1. The molecule has 0 radical (unpaired) electrons. The van der Waals surface area contributed by atoms with Gasteiger partial charge in [0.25, 0.3) is 0 Å². The predicted octanol–water partition coefficient (Wildman–Crippen LogP) is 1.71. The van der Waals surface area contributed by atoms with Crippen molar-refractivity contribution >= 4 is 40.0 Å². The van der Waals surface area contributed by atoms with Crippen LogP contribution in [0.15, 0.2) is 29.6 Å². The van der Waals surface area contributed by atoms with Crippen molar-refractivity contribution in [1.29, 1.82) is 0 Å². The second kappa shape index (κ2) is 9.37. The number of urea groups is 1. The standard InChI is InChI=1S/C19H23N5O4S/c1-3-28-15-6-4-14(5-7-15)24-9-8-23(19(24)27)11-17(26)22-18-21-13(12-29-18)10-16(25)20-2/h4-7,12H,3,8-11H2,1-2H3,(H,20,25)(H,21,22,26). The van der Waals surface area contributed by atoms with Crippen LogP contribution in [0.3, 0.4) is 0 Å². The molecule has 154 valence electrons. The van der Waals surface area contributed by atoms with Crippen LogP contribution >= 0.6 is 11.3 Å². The Bertz CT molecular complexity index is 883. The van der Waals surface area contributed by atoms with Gasteiger partial charge in [0.05, 0.1) is 18.7 Å². The van der Waals surface area contributed by atoms with Gasteiger partial charge < -0.3 is 20.3 Å². The van der Waals surface area contributed by atoms with Crippen LogP contribution in [-0.2, 0) is 16.0 Å². The zero-order valence-corrected chi connectivity index (χ0v) is 17.1. The molecule has 0 bridgehead atoms. The Labute approximate surface area is 172 Å². The van der Waals surface area contributed by atoms with Gasteiger partial charge >= 0.3 is 6.03 Å². The lowest BCUT2D eigenvalue weighted by atomic mass is 10.3. The molecule has 1 saturated heterocycles. The summed E-state index contributed by atoms with van der Waals surface area (Å²) in [5.74, 6) is 0.274. The van der Waals surface area contributed by atoms with Crippen molar-refractivity contribution in [2.24, 2.45) is 0 Å². The van der Waals surface area contributed by atoms with Crippen molar-refractivity contribution in [3.05, 3.63) is 35.3 Å². The smallest absolute Gasteiger partial charge is 0.325 e. The van der Waals surface area contributed by atoms with Gasteiger partial charge in [-0.2, -0.15) is 0 Å². The van der Waals surface area contributed by atoms with Crippen LogP contribution in [0, 0.1) is 0 Å². The fraction of sp³-hybridized carbons (Fsp3) is 0.368. The molecule has 3 rings (SSSR count). The van der Waals surface area contributed by atoms with Gasteiger partial charge in [-0.05, 0) is 31.2 Å². The van der Waals surface area contributed by atoms with E-state index in [4.69, 9.17) is 4.74 Å². The molecule has 0 unspecified atom stereocenters. The third-order valence-electron chi connectivity index (χ3n) is 4.31. The molecule has 10 heteroatoms. The maximum absolute atomic E-state index is 12.6. The number of ether oxygens (including phenoxy) is 1. The van der Waals surface area contributed by atoms with Gasteiger partial charge in [-0.3, -0.25) is 14.5 Å². The molecule has 0 aliphatic carbocycles. The van der Waals surface area contributed by atoms with Crippen LogP contribution in [0.2, 0.25) is 0 Å². The van der Waals surface area contributed by atoms with Gasteiger partial charge in [0.15, 0.2) is 5.13 Å². The molecular weight excluding hydrogens is 394 g/mol. The van der Waals surface area contributed by atoms with Crippen LogP contribution in [0.4, 0.5) is 15.6 Å². The quantitative estimate of drug-likeness (QED) is 0.681. The summed E-state index contributed by atoms with van der Waals surface area (Å²) in [4.78, 5) is 43.7. The number of likely N-dealkylation sites (N-methyl/N-ethyl adjacent to an activating group) is 1. The molecule has 2 heterocycles. The number of carbonyl (C=O) groups excluding carboxylic acids is 3. The lowest BCUT2D eigenvalue weighted by molar-refractivity contribution is -0.120. The largest absolute Gasteiger partial charge is 0.494 e. The van der Waals surface area contributed by atoms with E-state index in [1.807, 2.05) is 31.2 Å². The summed E-state index contributed by atoms with van der Waals surface area (Å²) in [5, 5.41) is 7.34. The Morgan fingerprint density at radius 3 is 2.66 bits per heavy atom. The molecule has 0 spiro atoms. The van der Waals surface area contributed by atoms with Crippen LogP contribution in [0.5, 0.6) is 5.75 Å². The number of amides is 4. The Morgan fingerprint density at radius 1 is 1.21 bits per heavy atom. The monoisotopic (exact) mass is 417 g/mol. The topological polar surface area (TPSA) is 104 Å². The molecule has 1 aliphatic rings. The van der Waals surface area contributed by atoms with E-state index in [2.05, 4.69) is 15.6 Å². The molecule has 1 aromatic carbocycles. The summed E-state index contributed by atoms with van der Waals surface area (Å²) in [6, 6.07) is 7.08. The van der Waals surface area contributed by atoms with E-state index < -0.39 is 0 Å². The maximum atomic E-state index is 12.6. The van der Waals surface area contributed by atoms with Crippen molar-refractivity contribution in [3.8, 4) is 5.75 Å². The Balaban J connectivity index is 1.53. The van der Waals surface area contributed by atoms with E-state index in [1.165, 1.54) is 16.2 Å².